The van der Waals surface area contributed by atoms with Gasteiger partial charge in [-0.15, -0.1) is 0 Å². The van der Waals surface area contributed by atoms with Crippen LogP contribution >= 0.6 is 0 Å². The number of alkyl halides is 3. The molecular weight excluding hydrogens is 479 g/mol. The number of carbonyl (C=O) groups excluding carboxylic acids is 3. The number of ether oxygens (including phenoxy) is 3. The maximum atomic E-state index is 13.8. The van der Waals surface area contributed by atoms with Gasteiger partial charge in [-0.2, -0.15) is 13.2 Å². The second kappa shape index (κ2) is 9.12. The number of carbonyl (C=O) groups is 3. The van der Waals surface area contributed by atoms with Crippen LogP contribution in [0.15, 0.2) is 36.4 Å². The SMILES string of the molecule is O=C1CC(C(F)(F)F)N(C(=O)COC(=O)c2cc3c(cc2[N+](=O)[O-])OCCO3)c2ccccc2N1. The normalized spacial score (nSPS) is 17.1. The molecule has 2 amide bonds. The molecule has 1 N–H and O–H groups in total. The number of nitro benzene ring substituents is 1. The van der Waals surface area contributed by atoms with E-state index in [1.54, 1.807) is 0 Å². The maximum Gasteiger partial charge on any atom is 0.409 e. The fraction of sp³-hybridized carbons (Fsp3) is 0.286. The Bertz CT molecular complexity index is 1220. The van der Waals surface area contributed by atoms with Gasteiger partial charge < -0.3 is 19.5 Å². The van der Waals surface area contributed by atoms with Gasteiger partial charge in [-0.3, -0.25) is 24.6 Å². The number of para-hydroxylation sites is 2. The molecule has 0 saturated carbocycles. The molecule has 2 aromatic carbocycles. The van der Waals surface area contributed by atoms with Crippen molar-refractivity contribution in [3.8, 4) is 11.5 Å². The van der Waals surface area contributed by atoms with Crippen molar-refractivity contribution in [2.75, 3.05) is 30.0 Å². The van der Waals surface area contributed by atoms with Crippen LogP contribution in [0, 0.1) is 10.1 Å². The summed E-state index contributed by atoms with van der Waals surface area (Å²) in [7, 11) is 0. The van der Waals surface area contributed by atoms with Crippen molar-refractivity contribution in [1.29, 1.82) is 0 Å². The molecule has 0 spiro atoms. The first-order valence-corrected chi connectivity index (χ1v) is 10.1. The second-order valence-electron chi connectivity index (χ2n) is 7.44. The third kappa shape index (κ3) is 4.81. The number of hydrogen-bond donors (Lipinski definition) is 1. The van der Waals surface area contributed by atoms with Crippen molar-refractivity contribution < 1.29 is 46.7 Å². The van der Waals surface area contributed by atoms with Gasteiger partial charge in [-0.1, -0.05) is 12.1 Å². The van der Waals surface area contributed by atoms with Gasteiger partial charge in [0, 0.05) is 6.07 Å². The van der Waals surface area contributed by atoms with Crippen LogP contribution in [0.1, 0.15) is 16.8 Å². The summed E-state index contributed by atoms with van der Waals surface area (Å²) in [4.78, 5) is 48.4. The smallest absolute Gasteiger partial charge is 0.409 e. The highest BCUT2D eigenvalue weighted by atomic mass is 19.4. The van der Waals surface area contributed by atoms with Crippen LogP contribution in [-0.2, 0) is 14.3 Å². The van der Waals surface area contributed by atoms with Gasteiger partial charge in [-0.25, -0.2) is 4.79 Å². The number of nitro groups is 1. The van der Waals surface area contributed by atoms with Crippen molar-refractivity contribution in [1.82, 2.24) is 0 Å². The van der Waals surface area contributed by atoms with Crippen molar-refractivity contribution in [2.45, 2.75) is 18.6 Å². The van der Waals surface area contributed by atoms with E-state index in [0.717, 1.165) is 12.1 Å². The fourth-order valence-electron chi connectivity index (χ4n) is 3.66. The van der Waals surface area contributed by atoms with E-state index in [9.17, 15) is 37.7 Å². The Hall–Kier alpha value is -4.36. The van der Waals surface area contributed by atoms with E-state index >= 15 is 0 Å². The monoisotopic (exact) mass is 495 g/mol. The van der Waals surface area contributed by atoms with E-state index in [2.05, 4.69) is 5.32 Å². The van der Waals surface area contributed by atoms with Crippen molar-refractivity contribution in [2.24, 2.45) is 0 Å². The minimum atomic E-state index is -4.98. The zero-order chi connectivity index (χ0) is 25.3. The van der Waals surface area contributed by atoms with E-state index in [1.165, 1.54) is 24.3 Å². The van der Waals surface area contributed by atoms with Crippen molar-refractivity contribution in [3.63, 3.8) is 0 Å². The number of nitrogens with zero attached hydrogens (tertiary/aromatic N) is 2. The lowest BCUT2D eigenvalue weighted by molar-refractivity contribution is -0.385. The summed E-state index contributed by atoms with van der Waals surface area (Å²) < 4.78 is 56.7. The fourth-order valence-corrected chi connectivity index (χ4v) is 3.66. The molecule has 1 unspecified atom stereocenters. The van der Waals surface area contributed by atoms with Gasteiger partial charge in [0.1, 0.15) is 24.8 Å². The summed E-state index contributed by atoms with van der Waals surface area (Å²) in [5.74, 6) is -3.52. The van der Waals surface area contributed by atoms with E-state index in [1.807, 2.05) is 0 Å². The van der Waals surface area contributed by atoms with Gasteiger partial charge in [0.25, 0.3) is 11.6 Å². The van der Waals surface area contributed by atoms with E-state index in [4.69, 9.17) is 14.2 Å². The average Bonchev–Trinajstić information content (AvgIpc) is 2.97. The van der Waals surface area contributed by atoms with Crippen LogP contribution in [0.25, 0.3) is 0 Å². The van der Waals surface area contributed by atoms with Gasteiger partial charge in [0.15, 0.2) is 18.1 Å². The summed E-state index contributed by atoms with van der Waals surface area (Å²) in [5, 5.41) is 13.7. The van der Waals surface area contributed by atoms with Crippen LogP contribution in [0.4, 0.5) is 30.2 Å². The summed E-state index contributed by atoms with van der Waals surface area (Å²) >= 11 is 0. The Kier molecular flexibility index (Phi) is 6.20. The van der Waals surface area contributed by atoms with Crippen LogP contribution in [0.3, 0.4) is 0 Å². The highest BCUT2D eigenvalue weighted by Crippen LogP contribution is 2.39. The Morgan fingerprint density at radius 1 is 1.17 bits per heavy atom. The van der Waals surface area contributed by atoms with E-state index in [0.29, 0.717) is 4.90 Å². The first-order chi connectivity index (χ1) is 16.6. The topological polar surface area (TPSA) is 137 Å². The summed E-state index contributed by atoms with van der Waals surface area (Å²) in [6, 6.07) is 4.77. The van der Waals surface area contributed by atoms with E-state index < -0.39 is 59.2 Å². The number of hydrogen-bond acceptors (Lipinski definition) is 8. The van der Waals surface area contributed by atoms with Gasteiger partial charge >= 0.3 is 12.1 Å². The molecule has 0 fully saturated rings. The number of esters is 1. The molecule has 0 aliphatic carbocycles. The molecule has 1 atom stereocenters. The number of nitrogens with one attached hydrogen (secondary N) is 1. The van der Waals surface area contributed by atoms with Crippen molar-refractivity contribution >= 4 is 34.8 Å². The summed E-state index contributed by atoms with van der Waals surface area (Å²) in [5.41, 5.74) is -1.55. The third-order valence-corrected chi connectivity index (χ3v) is 5.18. The molecule has 0 radical (unpaired) electrons. The van der Waals surface area contributed by atoms with E-state index in [-0.39, 0.29) is 36.1 Å². The number of rotatable bonds is 4. The predicted octanol–water partition coefficient (Wildman–Crippen LogP) is 2.83. The minimum Gasteiger partial charge on any atom is -0.486 e. The first-order valence-electron chi connectivity index (χ1n) is 10.1. The van der Waals surface area contributed by atoms with Crippen LogP contribution < -0.4 is 19.7 Å². The van der Waals surface area contributed by atoms with Gasteiger partial charge in [0.2, 0.25) is 5.91 Å². The summed E-state index contributed by atoms with van der Waals surface area (Å²) in [6.45, 7) is -0.922. The molecule has 0 saturated heterocycles. The standard InChI is InChI=1S/C21H16F3N3O8/c22-21(23,24)17-9-18(28)25-12-3-1-2-4-13(12)26(17)19(29)10-35-20(30)11-7-15-16(34-6-5-33-15)8-14(11)27(31)32/h1-4,7-8,17H,5-6,9-10H2,(H,25,28). The lowest BCUT2D eigenvalue weighted by atomic mass is 10.1. The van der Waals surface area contributed by atoms with Gasteiger partial charge in [-0.05, 0) is 12.1 Å². The van der Waals surface area contributed by atoms with Crippen LogP contribution in [-0.4, -0.2) is 54.7 Å². The highest BCUT2D eigenvalue weighted by Gasteiger charge is 2.49. The second-order valence-corrected chi connectivity index (χ2v) is 7.44. The molecule has 2 aliphatic rings. The Morgan fingerprint density at radius 2 is 1.83 bits per heavy atom. The van der Waals surface area contributed by atoms with Gasteiger partial charge in [0.05, 0.1) is 28.8 Å². The Morgan fingerprint density at radius 3 is 2.49 bits per heavy atom. The van der Waals surface area contributed by atoms with Crippen molar-refractivity contribution in [3.05, 3.63) is 52.1 Å². The Labute approximate surface area is 194 Å². The molecule has 4 rings (SSSR count). The minimum absolute atomic E-state index is 0.0296. The lowest BCUT2D eigenvalue weighted by Gasteiger charge is -2.31. The zero-order valence-electron chi connectivity index (χ0n) is 17.7. The zero-order valence-corrected chi connectivity index (χ0v) is 17.7. The molecule has 2 heterocycles. The molecule has 11 nitrogen and oxygen atoms in total. The molecule has 14 heteroatoms. The maximum absolute atomic E-state index is 13.8. The van der Waals surface area contributed by atoms with Crippen LogP contribution in [0.5, 0.6) is 11.5 Å². The highest BCUT2D eigenvalue weighted by molar-refractivity contribution is 6.06. The summed E-state index contributed by atoms with van der Waals surface area (Å²) in [6.07, 6.45) is -6.06. The number of fused-ring (bicyclic) bond motifs is 2. The molecule has 184 valence electrons. The molecule has 2 aromatic rings. The number of anilines is 2. The Balaban J connectivity index is 1.61. The average molecular weight is 495 g/mol. The third-order valence-electron chi connectivity index (χ3n) is 5.18. The number of amides is 2. The molecule has 0 bridgehead atoms. The largest absolute Gasteiger partial charge is 0.486 e. The quantitative estimate of drug-likeness (QED) is 0.388. The lowest BCUT2D eigenvalue weighted by Crippen LogP contribution is -2.51. The molecule has 0 aromatic heterocycles. The molecular formula is C21H16F3N3O8. The number of halogens is 3. The number of benzene rings is 2. The van der Waals surface area contributed by atoms with Crippen LogP contribution in [0.2, 0.25) is 0 Å². The molecule has 35 heavy (non-hydrogen) atoms. The molecule has 2 aliphatic heterocycles. The first kappa shape index (κ1) is 23.8. The predicted molar refractivity (Wildman–Crippen MR) is 111 cm³/mol.